The van der Waals surface area contributed by atoms with E-state index in [-0.39, 0.29) is 10.6 Å². The Morgan fingerprint density at radius 3 is 2.42 bits per heavy atom. The van der Waals surface area contributed by atoms with Crippen molar-refractivity contribution in [2.45, 2.75) is 13.1 Å². The van der Waals surface area contributed by atoms with Crippen LogP contribution in [0.2, 0.25) is 0 Å². The third-order valence-corrected chi connectivity index (χ3v) is 3.48. The van der Waals surface area contributed by atoms with Gasteiger partial charge < -0.3 is 5.32 Å². The Labute approximate surface area is 111 Å². The van der Waals surface area contributed by atoms with E-state index in [0.717, 1.165) is 0 Å². The number of carbonyl (C=O) groups excluding carboxylic acids is 1. The maximum atomic E-state index is 12.5. The number of alkyl halides is 3. The molecule has 0 radical (unpaired) electrons. The molecule has 0 aliphatic carbocycles. The Hall–Kier alpha value is -1.89. The number of para-hydroxylation sites is 1. The van der Waals surface area contributed by atoms with E-state index in [1.165, 1.54) is 6.92 Å². The standard InChI is InChI=1S/C12H9F3N2OS/c1-7-9(19-11(16-7)12(13,14)15)10(18)17-8-5-3-2-4-6-8/h2-6H,1H3,(H,17,18). The van der Waals surface area contributed by atoms with Crippen LogP contribution in [0, 0.1) is 6.92 Å². The molecule has 0 aliphatic rings. The van der Waals surface area contributed by atoms with Crippen molar-refractivity contribution in [2.75, 3.05) is 5.32 Å². The monoisotopic (exact) mass is 286 g/mol. The van der Waals surface area contributed by atoms with Crippen molar-refractivity contribution in [2.24, 2.45) is 0 Å². The summed E-state index contributed by atoms with van der Waals surface area (Å²) >= 11 is 0.346. The molecule has 7 heteroatoms. The third kappa shape index (κ3) is 3.11. The van der Waals surface area contributed by atoms with Crippen LogP contribution in [0.4, 0.5) is 18.9 Å². The molecule has 1 N–H and O–H groups in total. The van der Waals surface area contributed by atoms with Crippen LogP contribution >= 0.6 is 11.3 Å². The number of nitrogens with zero attached hydrogens (tertiary/aromatic N) is 1. The lowest BCUT2D eigenvalue weighted by atomic mass is 10.3. The molecule has 0 saturated carbocycles. The number of halogens is 3. The number of amides is 1. The van der Waals surface area contributed by atoms with Crippen molar-refractivity contribution in [3.63, 3.8) is 0 Å². The Morgan fingerprint density at radius 1 is 1.26 bits per heavy atom. The lowest BCUT2D eigenvalue weighted by molar-refractivity contribution is -0.137. The number of anilines is 1. The van der Waals surface area contributed by atoms with E-state index in [1.807, 2.05) is 0 Å². The Balaban J connectivity index is 2.23. The first-order valence-corrected chi connectivity index (χ1v) is 6.10. The van der Waals surface area contributed by atoms with Crippen molar-refractivity contribution in [1.82, 2.24) is 4.98 Å². The van der Waals surface area contributed by atoms with Crippen LogP contribution in [0.15, 0.2) is 30.3 Å². The zero-order chi connectivity index (χ0) is 14.0. The highest BCUT2D eigenvalue weighted by molar-refractivity contribution is 7.14. The normalized spacial score (nSPS) is 11.4. The Kier molecular flexibility index (Phi) is 3.57. The number of aromatic nitrogens is 1. The van der Waals surface area contributed by atoms with Gasteiger partial charge in [-0.25, -0.2) is 4.98 Å². The molecule has 1 aromatic carbocycles. The predicted octanol–water partition coefficient (Wildman–Crippen LogP) is 3.72. The predicted molar refractivity (Wildman–Crippen MR) is 66.2 cm³/mol. The number of hydrogen-bond donors (Lipinski definition) is 1. The molecule has 2 rings (SSSR count). The average molecular weight is 286 g/mol. The van der Waals surface area contributed by atoms with E-state index >= 15 is 0 Å². The van der Waals surface area contributed by atoms with E-state index in [0.29, 0.717) is 17.0 Å². The Bertz CT molecular complexity index is 593. The van der Waals surface area contributed by atoms with E-state index < -0.39 is 17.1 Å². The lowest BCUT2D eigenvalue weighted by Gasteiger charge is -2.03. The zero-order valence-corrected chi connectivity index (χ0v) is 10.6. The smallest absolute Gasteiger partial charge is 0.321 e. The summed E-state index contributed by atoms with van der Waals surface area (Å²) in [5, 5.41) is 1.52. The van der Waals surface area contributed by atoms with Crippen LogP contribution in [0.3, 0.4) is 0 Å². The van der Waals surface area contributed by atoms with E-state index in [2.05, 4.69) is 10.3 Å². The maximum absolute atomic E-state index is 12.5. The molecule has 0 unspecified atom stereocenters. The molecule has 1 amide bonds. The number of rotatable bonds is 2. The second-order valence-corrected chi connectivity index (χ2v) is 4.75. The van der Waals surface area contributed by atoms with Gasteiger partial charge in [0.25, 0.3) is 5.91 Å². The number of thiazole rings is 1. The third-order valence-electron chi connectivity index (χ3n) is 2.28. The van der Waals surface area contributed by atoms with Gasteiger partial charge in [-0.1, -0.05) is 18.2 Å². The van der Waals surface area contributed by atoms with Gasteiger partial charge in [0.1, 0.15) is 4.88 Å². The molecule has 0 saturated heterocycles. The molecule has 19 heavy (non-hydrogen) atoms. The number of benzene rings is 1. The van der Waals surface area contributed by atoms with Gasteiger partial charge in [0, 0.05) is 5.69 Å². The van der Waals surface area contributed by atoms with Gasteiger partial charge in [-0.15, -0.1) is 11.3 Å². The molecule has 0 atom stereocenters. The van der Waals surface area contributed by atoms with E-state index in [1.54, 1.807) is 30.3 Å². The van der Waals surface area contributed by atoms with Gasteiger partial charge in [0.15, 0.2) is 5.01 Å². The average Bonchev–Trinajstić information content (AvgIpc) is 2.72. The first kappa shape index (κ1) is 13.5. The summed E-state index contributed by atoms with van der Waals surface area (Å²) in [6.45, 7) is 1.38. The molecule has 0 fully saturated rings. The van der Waals surface area contributed by atoms with Crippen LogP contribution in [0.1, 0.15) is 20.4 Å². The zero-order valence-electron chi connectivity index (χ0n) is 9.78. The van der Waals surface area contributed by atoms with Gasteiger partial charge in [0.2, 0.25) is 0 Å². The second kappa shape index (κ2) is 5.00. The molecule has 1 heterocycles. The van der Waals surface area contributed by atoms with Crippen molar-refractivity contribution >= 4 is 22.9 Å². The quantitative estimate of drug-likeness (QED) is 0.914. The van der Waals surface area contributed by atoms with Gasteiger partial charge in [-0.2, -0.15) is 13.2 Å². The van der Waals surface area contributed by atoms with Crippen LogP contribution in [0.5, 0.6) is 0 Å². The second-order valence-electron chi connectivity index (χ2n) is 3.75. The molecular weight excluding hydrogens is 277 g/mol. The first-order chi connectivity index (χ1) is 8.88. The molecule has 0 aliphatic heterocycles. The topological polar surface area (TPSA) is 42.0 Å². The molecule has 0 bridgehead atoms. The van der Waals surface area contributed by atoms with E-state index in [9.17, 15) is 18.0 Å². The minimum absolute atomic E-state index is 0.0313. The number of nitrogens with one attached hydrogen (secondary N) is 1. The summed E-state index contributed by atoms with van der Waals surface area (Å²) in [6, 6.07) is 8.51. The fraction of sp³-hybridized carbons (Fsp3) is 0.167. The van der Waals surface area contributed by atoms with Gasteiger partial charge in [-0.3, -0.25) is 4.79 Å². The largest absolute Gasteiger partial charge is 0.443 e. The highest BCUT2D eigenvalue weighted by Gasteiger charge is 2.36. The number of aryl methyl sites for hydroxylation is 1. The van der Waals surface area contributed by atoms with Gasteiger partial charge >= 0.3 is 6.18 Å². The van der Waals surface area contributed by atoms with Crippen LogP contribution in [0.25, 0.3) is 0 Å². The summed E-state index contributed by atoms with van der Waals surface area (Å²) in [6.07, 6.45) is -4.53. The maximum Gasteiger partial charge on any atom is 0.443 e. The van der Waals surface area contributed by atoms with Crippen molar-refractivity contribution < 1.29 is 18.0 Å². The molecule has 0 spiro atoms. The van der Waals surface area contributed by atoms with Crippen LogP contribution in [-0.4, -0.2) is 10.9 Å². The van der Waals surface area contributed by atoms with Crippen molar-refractivity contribution in [3.8, 4) is 0 Å². The van der Waals surface area contributed by atoms with Gasteiger partial charge in [-0.05, 0) is 19.1 Å². The van der Waals surface area contributed by atoms with Crippen molar-refractivity contribution in [1.29, 1.82) is 0 Å². The summed E-state index contributed by atoms with van der Waals surface area (Å²) < 4.78 is 37.5. The molecule has 2 aromatic rings. The molecule has 1 aromatic heterocycles. The molecule has 3 nitrogen and oxygen atoms in total. The summed E-state index contributed by atoms with van der Waals surface area (Å²) in [5.74, 6) is -0.586. The lowest BCUT2D eigenvalue weighted by Crippen LogP contribution is -2.11. The van der Waals surface area contributed by atoms with Crippen LogP contribution < -0.4 is 5.32 Å². The molecular formula is C12H9F3N2OS. The highest BCUT2D eigenvalue weighted by atomic mass is 32.1. The minimum atomic E-state index is -4.53. The first-order valence-electron chi connectivity index (χ1n) is 5.29. The number of carbonyl (C=O) groups is 1. The fourth-order valence-electron chi connectivity index (χ4n) is 1.44. The van der Waals surface area contributed by atoms with Crippen LogP contribution in [-0.2, 0) is 6.18 Å². The minimum Gasteiger partial charge on any atom is -0.321 e. The SMILES string of the molecule is Cc1nc(C(F)(F)F)sc1C(=O)Nc1ccccc1. The summed E-state index contributed by atoms with van der Waals surface area (Å²) in [4.78, 5) is 15.2. The highest BCUT2D eigenvalue weighted by Crippen LogP contribution is 2.34. The fourth-order valence-corrected chi connectivity index (χ4v) is 2.27. The van der Waals surface area contributed by atoms with Crippen molar-refractivity contribution in [3.05, 3.63) is 45.9 Å². The van der Waals surface area contributed by atoms with E-state index in [4.69, 9.17) is 0 Å². The van der Waals surface area contributed by atoms with Gasteiger partial charge in [0.05, 0.1) is 5.69 Å². The summed E-state index contributed by atoms with van der Waals surface area (Å²) in [7, 11) is 0. The molecule has 100 valence electrons. The number of hydrogen-bond acceptors (Lipinski definition) is 3. The summed E-state index contributed by atoms with van der Waals surface area (Å²) in [5.41, 5.74) is 0.597. The Morgan fingerprint density at radius 2 is 1.89 bits per heavy atom.